The lowest BCUT2D eigenvalue weighted by Crippen LogP contribution is -2.10. The van der Waals surface area contributed by atoms with Gasteiger partial charge in [-0.3, -0.25) is 0 Å². The highest BCUT2D eigenvalue weighted by atomic mass is 32.2. The SMILES string of the molecule is CN1CCCC1.[3H]S(=O)(=O)NC.[3H][3H]. The Hall–Kier alpha value is -0.130. The molecule has 0 bridgehead atoms. The summed E-state index contributed by atoms with van der Waals surface area (Å²) in [5, 5.41) is 0. The van der Waals surface area contributed by atoms with Crippen molar-refractivity contribution in [2.45, 2.75) is 12.8 Å². The molecular weight excluding hydrogens is 164 g/mol. The molecule has 0 amide bonds. The van der Waals surface area contributed by atoms with Crippen molar-refractivity contribution in [2.75, 3.05) is 27.2 Å². The average molecular weight is 188 g/mol. The van der Waals surface area contributed by atoms with Gasteiger partial charge in [0.25, 0.3) is 0 Å². The molecule has 1 heterocycles. The van der Waals surface area contributed by atoms with E-state index < -0.39 is 10.8 Å². The van der Waals surface area contributed by atoms with E-state index in [1.807, 2.05) is 0 Å². The van der Waals surface area contributed by atoms with Crippen LogP contribution in [0, 0.1) is 0 Å². The van der Waals surface area contributed by atoms with Gasteiger partial charge in [-0.1, -0.05) is 0 Å². The van der Waals surface area contributed by atoms with Crippen LogP contribution in [0.4, 0.5) is 0 Å². The summed E-state index contributed by atoms with van der Waals surface area (Å²) in [6, 6.07) is 0. The molecule has 0 unspecified atom stereocenters. The molecule has 0 spiro atoms. The third kappa shape index (κ3) is 7.77. The third-order valence-corrected chi connectivity index (χ3v) is 1.83. The van der Waals surface area contributed by atoms with Gasteiger partial charge in [-0.2, -0.15) is 0 Å². The molecule has 70 valence electrons. The van der Waals surface area contributed by atoms with E-state index in [9.17, 15) is 8.42 Å². The van der Waals surface area contributed by atoms with Gasteiger partial charge in [0.15, 0.2) is 1.12 Å². The van der Waals surface area contributed by atoms with Crippen molar-refractivity contribution < 1.29 is 11.4 Å². The minimum absolute atomic E-state index is 1.18. The van der Waals surface area contributed by atoms with Crippen LogP contribution in [-0.2, 0) is 10.8 Å². The van der Waals surface area contributed by atoms with Crippen LogP contribution >= 0.6 is 0 Å². The number of likely N-dealkylation sites (tertiary alicyclic amines) is 1. The van der Waals surface area contributed by atoms with Gasteiger partial charge in [-0.25, -0.2) is 13.1 Å². The summed E-state index contributed by atoms with van der Waals surface area (Å²) in [4.78, 5) is 2.36. The minimum atomic E-state index is -3.66. The van der Waals surface area contributed by atoms with Crippen LogP contribution in [0.15, 0.2) is 0 Å². The van der Waals surface area contributed by atoms with Gasteiger partial charge in [0.1, 0.15) is 0 Å². The first-order chi connectivity index (χ1) is 6.45. The number of hydrogen-bond acceptors (Lipinski definition) is 3. The maximum absolute atomic E-state index is 9.56. The van der Waals surface area contributed by atoms with Crippen molar-refractivity contribution in [3.63, 3.8) is 0 Å². The van der Waals surface area contributed by atoms with Gasteiger partial charge >= 0.3 is 0 Å². The van der Waals surface area contributed by atoms with Crippen LogP contribution in [0.2, 0.25) is 0 Å². The lowest BCUT2D eigenvalue weighted by atomic mass is 10.4. The molecule has 0 atom stereocenters. The van der Waals surface area contributed by atoms with E-state index in [-0.39, 0.29) is 0 Å². The van der Waals surface area contributed by atoms with Crippen molar-refractivity contribution in [1.29, 1.82) is 1.12 Å². The lowest BCUT2D eigenvalue weighted by molar-refractivity contribution is 0.418. The molecule has 0 aromatic rings. The number of hydrogen-bond donors (Lipinski definition) is 2. The molecular formula is C6H18N2O2S. The van der Waals surface area contributed by atoms with Crippen LogP contribution in [0.1, 0.15) is 15.8 Å². The van der Waals surface area contributed by atoms with Gasteiger partial charge in [-0.15, -0.1) is 0 Å². The van der Waals surface area contributed by atoms with Crippen molar-refractivity contribution >= 4 is 10.8 Å². The third-order valence-electron chi connectivity index (χ3n) is 1.50. The summed E-state index contributed by atoms with van der Waals surface area (Å²) in [7, 11) is -0.306. The van der Waals surface area contributed by atoms with Crippen LogP contribution in [0.3, 0.4) is 0 Å². The first-order valence-electron chi connectivity index (χ1n) is 5.03. The van der Waals surface area contributed by atoms with E-state index in [4.69, 9.17) is 4.09 Å². The Morgan fingerprint density at radius 3 is 2.09 bits per heavy atom. The number of nitrogens with one attached hydrogen (secondary N) is 1. The second kappa shape index (κ2) is 6.57. The first kappa shape index (κ1) is 7.52. The maximum Gasteiger partial charge on any atom is 0.201 e. The predicted molar refractivity (Wildman–Crippen MR) is 48.2 cm³/mol. The topological polar surface area (TPSA) is 49.4 Å². The summed E-state index contributed by atoms with van der Waals surface area (Å²) in [5.74, 6) is 0. The highest BCUT2D eigenvalue weighted by molar-refractivity contribution is 7.70. The van der Waals surface area contributed by atoms with E-state index in [0.29, 0.717) is 0 Å². The van der Waals surface area contributed by atoms with Crippen LogP contribution in [-0.4, -0.2) is 41.6 Å². The predicted octanol–water partition coefficient (Wildman–Crippen LogP) is -0.310. The standard InChI is InChI=1S/C5H11N.CH5NO2S.H2/c1-6-4-2-3-5-6;1-2-5(3)4;/h2-5H2,1H3;5H,1H3,(H,2,3,4);1H/i;5T;1+2T. The molecule has 4 nitrogen and oxygen atoms in total. The Kier molecular flexibility index (Phi) is 4.49. The molecule has 0 radical (unpaired) electrons. The van der Waals surface area contributed by atoms with Gasteiger partial charge in [0.05, 0.1) is 0 Å². The molecule has 1 aliphatic rings. The maximum atomic E-state index is 9.56. The molecule has 11 heavy (non-hydrogen) atoms. The Labute approximate surface area is 73.8 Å². The zero-order chi connectivity index (χ0) is 11.6. The molecule has 1 saturated heterocycles. The highest BCUT2D eigenvalue weighted by Gasteiger charge is 2.03. The fraction of sp³-hybridized carbons (Fsp3) is 1.00. The normalized spacial score (nSPS) is 21.1. The van der Waals surface area contributed by atoms with Gasteiger partial charge < -0.3 is 4.90 Å². The fourth-order valence-corrected chi connectivity index (χ4v) is 0.875. The van der Waals surface area contributed by atoms with E-state index in [1.165, 1.54) is 33.0 Å². The monoisotopic (exact) mass is 188 g/mol. The molecule has 1 rings (SSSR count). The molecule has 0 aromatic heterocycles. The first-order valence-corrected chi connectivity index (χ1v) is 4.69. The molecule has 0 saturated carbocycles. The van der Waals surface area contributed by atoms with E-state index in [2.05, 4.69) is 11.9 Å². The second-order valence-corrected chi connectivity index (χ2v) is 3.33. The Balaban J connectivity index is 0. The summed E-state index contributed by atoms with van der Waals surface area (Å²) < 4.78 is 36.9. The van der Waals surface area contributed by atoms with Crippen LogP contribution in [0.25, 0.3) is 0 Å². The van der Waals surface area contributed by atoms with Gasteiger partial charge in [0, 0.05) is 2.97 Å². The summed E-state index contributed by atoms with van der Waals surface area (Å²) in [5.41, 5.74) is 0. The molecule has 1 fully saturated rings. The molecule has 5 heteroatoms. The molecule has 1 N–H and O–H groups in total. The number of rotatable bonds is 1. The molecule has 0 aromatic carbocycles. The quantitative estimate of drug-likeness (QED) is 0.555. The number of nitrogens with zero attached hydrogens (tertiary/aromatic N) is 1. The van der Waals surface area contributed by atoms with Crippen LogP contribution in [0.5, 0.6) is 0 Å². The summed E-state index contributed by atoms with van der Waals surface area (Å²) in [6.45, 7) is 2.64. The Bertz CT molecular complexity index is 205. The highest BCUT2D eigenvalue weighted by Crippen LogP contribution is 2.01. The van der Waals surface area contributed by atoms with Crippen molar-refractivity contribution in [2.24, 2.45) is 0 Å². The molecule has 0 aliphatic carbocycles. The van der Waals surface area contributed by atoms with Crippen molar-refractivity contribution in [3.05, 3.63) is 0 Å². The van der Waals surface area contributed by atoms with Crippen molar-refractivity contribution in [3.8, 4) is 0 Å². The lowest BCUT2D eigenvalue weighted by Gasteiger charge is -2.01. The Morgan fingerprint density at radius 2 is 2.00 bits per heavy atom. The molecule has 1 aliphatic heterocycles. The number of thiol groups is 1. The minimum Gasteiger partial charge on any atom is -0.306 e. The average Bonchev–Trinajstić information content (AvgIpc) is 2.59. The second-order valence-electron chi connectivity index (χ2n) is 2.45. The largest absolute Gasteiger partial charge is 0.306 e. The zero-order valence-electron chi connectivity index (χ0n) is 10.0. The van der Waals surface area contributed by atoms with Crippen molar-refractivity contribution in [1.82, 2.24) is 9.62 Å². The smallest absolute Gasteiger partial charge is 0.201 e. The summed E-state index contributed by atoms with van der Waals surface area (Å²) >= 11 is 0. The van der Waals surface area contributed by atoms with E-state index in [1.54, 1.807) is 4.72 Å². The van der Waals surface area contributed by atoms with Crippen LogP contribution < -0.4 is 4.72 Å². The summed E-state index contributed by atoms with van der Waals surface area (Å²) in [6.07, 6.45) is 2.83. The van der Waals surface area contributed by atoms with E-state index >= 15 is 0 Å². The Morgan fingerprint density at radius 1 is 1.64 bits per heavy atom. The van der Waals surface area contributed by atoms with E-state index in [0.717, 1.165) is 0 Å². The fourth-order valence-electron chi connectivity index (χ4n) is 0.875. The van der Waals surface area contributed by atoms with Gasteiger partial charge in [0.2, 0.25) is 10.8 Å². The zero-order valence-corrected chi connectivity index (χ0v) is 7.82. The van der Waals surface area contributed by atoms with Gasteiger partial charge in [-0.05, 0) is 40.0 Å².